The third-order valence-corrected chi connectivity index (χ3v) is 4.04. The normalized spacial score (nSPS) is 12.3. The monoisotopic (exact) mass is 310 g/mol. The number of carbonyl (C=O) groups is 1. The molecule has 118 valence electrons. The van der Waals surface area contributed by atoms with Crippen LogP contribution in [0.25, 0.3) is 11.0 Å². The summed E-state index contributed by atoms with van der Waals surface area (Å²) in [6.45, 7) is 3.65. The Morgan fingerprint density at radius 2 is 1.96 bits per heavy atom. The minimum absolute atomic E-state index is 0.126. The molecule has 0 unspecified atom stereocenters. The van der Waals surface area contributed by atoms with Gasteiger partial charge in [0.25, 0.3) is 11.5 Å². The van der Waals surface area contributed by atoms with E-state index in [1.807, 2.05) is 37.3 Å². The molecule has 3 rings (SSSR count). The van der Waals surface area contributed by atoms with Crippen LogP contribution in [-0.2, 0) is 0 Å². The van der Waals surface area contributed by atoms with Crippen LogP contribution >= 0.6 is 0 Å². The summed E-state index contributed by atoms with van der Waals surface area (Å²) in [6, 6.07) is 12.6. The van der Waals surface area contributed by atoms with E-state index in [9.17, 15) is 9.59 Å². The van der Waals surface area contributed by atoms with E-state index in [1.54, 1.807) is 26.1 Å². The summed E-state index contributed by atoms with van der Waals surface area (Å²) >= 11 is 0. The highest BCUT2D eigenvalue weighted by molar-refractivity contribution is 5.94. The van der Waals surface area contributed by atoms with Crippen LogP contribution in [-0.4, -0.2) is 22.8 Å². The van der Waals surface area contributed by atoms with Gasteiger partial charge in [-0.05, 0) is 38.1 Å². The lowest BCUT2D eigenvalue weighted by atomic mass is 10.1. The van der Waals surface area contributed by atoms with Gasteiger partial charge in [-0.1, -0.05) is 18.2 Å². The molecule has 2 aromatic heterocycles. The van der Waals surface area contributed by atoms with Gasteiger partial charge in [-0.25, -0.2) is 0 Å². The van der Waals surface area contributed by atoms with Gasteiger partial charge < -0.3 is 14.3 Å². The Kier molecular flexibility index (Phi) is 3.78. The lowest BCUT2D eigenvalue weighted by Crippen LogP contribution is -2.33. The van der Waals surface area contributed by atoms with Crippen LogP contribution in [0.5, 0.6) is 0 Å². The van der Waals surface area contributed by atoms with E-state index in [-0.39, 0.29) is 23.1 Å². The fourth-order valence-electron chi connectivity index (χ4n) is 2.51. The van der Waals surface area contributed by atoms with Crippen molar-refractivity contribution < 1.29 is 9.21 Å². The lowest BCUT2D eigenvalue weighted by Gasteiger charge is -2.23. The second-order valence-electron chi connectivity index (χ2n) is 5.66. The first kappa shape index (κ1) is 15.1. The van der Waals surface area contributed by atoms with Crippen molar-refractivity contribution in [1.82, 2.24) is 9.88 Å². The second-order valence-corrected chi connectivity index (χ2v) is 5.66. The maximum Gasteiger partial charge on any atom is 0.260 e. The molecule has 1 N–H and O–H groups in total. The minimum Gasteiger partial charge on any atom is -0.459 e. The zero-order valence-electron chi connectivity index (χ0n) is 13.3. The highest BCUT2D eigenvalue weighted by Gasteiger charge is 2.23. The van der Waals surface area contributed by atoms with Crippen molar-refractivity contribution in [3.63, 3.8) is 0 Å². The zero-order valence-corrected chi connectivity index (χ0v) is 13.3. The van der Waals surface area contributed by atoms with Gasteiger partial charge >= 0.3 is 0 Å². The summed E-state index contributed by atoms with van der Waals surface area (Å²) in [4.78, 5) is 28.7. The predicted octanol–water partition coefficient (Wildman–Crippen LogP) is 3.26. The van der Waals surface area contributed by atoms with Crippen LogP contribution in [0.1, 0.15) is 34.8 Å². The summed E-state index contributed by atoms with van der Waals surface area (Å²) in [5.41, 5.74) is 1.25. The fourth-order valence-corrected chi connectivity index (χ4v) is 2.51. The van der Waals surface area contributed by atoms with Crippen molar-refractivity contribution >= 4 is 16.9 Å². The molecule has 0 bridgehead atoms. The number of fused-ring (bicyclic) bond motifs is 1. The molecule has 0 radical (unpaired) electrons. The molecule has 1 amide bonds. The Morgan fingerprint density at radius 3 is 2.65 bits per heavy atom. The molecule has 0 saturated heterocycles. The fraction of sp³-hybridized carbons (Fsp3) is 0.222. The number of carbonyl (C=O) groups excluding carboxylic acids is 1. The number of rotatable bonds is 3. The number of benzene rings is 1. The first-order valence-electron chi connectivity index (χ1n) is 7.43. The standard InChI is InChI=1S/C18H18N2O3/c1-11-8-9-14(17(21)19-11)18(22)20(3)12(2)16-10-13-6-4-5-7-15(13)23-16/h4-10,12H,1-3H3,(H,19,21)/t12-/m0/s1. The van der Waals surface area contributed by atoms with Crippen LogP contribution in [0.3, 0.4) is 0 Å². The van der Waals surface area contributed by atoms with Gasteiger partial charge in [0, 0.05) is 18.1 Å². The number of hydrogen-bond acceptors (Lipinski definition) is 3. The number of aryl methyl sites for hydroxylation is 1. The summed E-state index contributed by atoms with van der Waals surface area (Å²) in [5.74, 6) is 0.352. The zero-order chi connectivity index (χ0) is 16.6. The van der Waals surface area contributed by atoms with E-state index in [4.69, 9.17) is 4.42 Å². The summed E-state index contributed by atoms with van der Waals surface area (Å²) in [5, 5.41) is 0.989. The largest absolute Gasteiger partial charge is 0.459 e. The van der Waals surface area contributed by atoms with Crippen LogP contribution in [0, 0.1) is 6.92 Å². The van der Waals surface area contributed by atoms with Gasteiger partial charge in [0.05, 0.1) is 6.04 Å². The number of pyridine rings is 1. The van der Waals surface area contributed by atoms with Crippen molar-refractivity contribution in [2.24, 2.45) is 0 Å². The van der Waals surface area contributed by atoms with Gasteiger partial charge in [0.2, 0.25) is 0 Å². The molecule has 0 aliphatic heterocycles. The van der Waals surface area contributed by atoms with Crippen molar-refractivity contribution in [1.29, 1.82) is 0 Å². The molecule has 0 saturated carbocycles. The first-order valence-corrected chi connectivity index (χ1v) is 7.43. The number of amides is 1. The molecular formula is C18H18N2O3. The third-order valence-electron chi connectivity index (χ3n) is 4.04. The molecule has 0 aliphatic carbocycles. The van der Waals surface area contributed by atoms with E-state index in [0.717, 1.165) is 16.7 Å². The molecule has 5 heteroatoms. The van der Waals surface area contributed by atoms with Gasteiger partial charge in [-0.3, -0.25) is 9.59 Å². The molecule has 1 aromatic carbocycles. The number of furan rings is 1. The SMILES string of the molecule is Cc1ccc(C(=O)N(C)[C@@H](C)c2cc3ccccc3o2)c(=O)[nH]1. The molecular weight excluding hydrogens is 292 g/mol. The molecule has 0 fully saturated rings. The van der Waals surface area contributed by atoms with Gasteiger partial charge in [0.1, 0.15) is 16.9 Å². The van der Waals surface area contributed by atoms with E-state index < -0.39 is 0 Å². The average Bonchev–Trinajstić information content (AvgIpc) is 2.97. The molecule has 0 aliphatic rings. The summed E-state index contributed by atoms with van der Waals surface area (Å²) in [7, 11) is 1.67. The molecule has 2 heterocycles. The van der Waals surface area contributed by atoms with E-state index in [2.05, 4.69) is 4.98 Å². The van der Waals surface area contributed by atoms with E-state index >= 15 is 0 Å². The number of nitrogens with zero attached hydrogens (tertiary/aromatic N) is 1. The predicted molar refractivity (Wildman–Crippen MR) is 88.5 cm³/mol. The second kappa shape index (κ2) is 5.76. The number of aromatic amines is 1. The molecule has 1 atom stereocenters. The van der Waals surface area contributed by atoms with E-state index in [0.29, 0.717) is 5.76 Å². The van der Waals surface area contributed by atoms with Crippen molar-refractivity contribution in [2.45, 2.75) is 19.9 Å². The van der Waals surface area contributed by atoms with Crippen LogP contribution in [0.15, 0.2) is 51.7 Å². The summed E-state index contributed by atoms with van der Waals surface area (Å²) < 4.78 is 5.81. The molecule has 23 heavy (non-hydrogen) atoms. The smallest absolute Gasteiger partial charge is 0.260 e. The topological polar surface area (TPSA) is 66.3 Å². The third kappa shape index (κ3) is 2.77. The van der Waals surface area contributed by atoms with Crippen molar-refractivity contribution in [3.05, 3.63) is 69.8 Å². The van der Waals surface area contributed by atoms with Gasteiger partial charge in [-0.2, -0.15) is 0 Å². The summed E-state index contributed by atoms with van der Waals surface area (Å²) in [6.07, 6.45) is 0. The number of nitrogens with one attached hydrogen (secondary N) is 1. The maximum absolute atomic E-state index is 12.6. The number of aromatic nitrogens is 1. The Labute approximate surface area is 133 Å². The highest BCUT2D eigenvalue weighted by Crippen LogP contribution is 2.27. The number of H-pyrrole nitrogens is 1. The van der Waals surface area contributed by atoms with Crippen LogP contribution in [0.2, 0.25) is 0 Å². The molecule has 3 aromatic rings. The van der Waals surface area contributed by atoms with Crippen LogP contribution < -0.4 is 5.56 Å². The van der Waals surface area contributed by atoms with Gasteiger partial charge in [0.15, 0.2) is 0 Å². The van der Waals surface area contributed by atoms with Crippen LogP contribution in [0.4, 0.5) is 0 Å². The maximum atomic E-state index is 12.6. The highest BCUT2D eigenvalue weighted by atomic mass is 16.3. The van der Waals surface area contributed by atoms with Crippen molar-refractivity contribution in [2.75, 3.05) is 7.05 Å². The number of para-hydroxylation sites is 1. The van der Waals surface area contributed by atoms with Crippen molar-refractivity contribution in [3.8, 4) is 0 Å². The Bertz CT molecular complexity index is 890. The molecule has 0 spiro atoms. The lowest BCUT2D eigenvalue weighted by molar-refractivity contribution is 0.0725. The Hall–Kier alpha value is -2.82. The Balaban J connectivity index is 1.90. The molecule has 5 nitrogen and oxygen atoms in total. The number of hydrogen-bond donors (Lipinski definition) is 1. The van der Waals surface area contributed by atoms with E-state index in [1.165, 1.54) is 4.90 Å². The average molecular weight is 310 g/mol. The Morgan fingerprint density at radius 1 is 1.22 bits per heavy atom. The quantitative estimate of drug-likeness (QED) is 0.807. The minimum atomic E-state index is -0.376. The first-order chi connectivity index (χ1) is 11.0. The van der Waals surface area contributed by atoms with Gasteiger partial charge in [-0.15, -0.1) is 0 Å².